The molecule has 0 saturated heterocycles. The van der Waals surface area contributed by atoms with Crippen LogP contribution in [-0.2, 0) is 9.53 Å². The van der Waals surface area contributed by atoms with E-state index in [1.165, 1.54) is 23.5 Å². The van der Waals surface area contributed by atoms with E-state index in [-0.39, 0.29) is 43.0 Å². The fourth-order valence-electron chi connectivity index (χ4n) is 2.89. The lowest BCUT2D eigenvalue weighted by Gasteiger charge is -2.17. The molecule has 0 spiro atoms. The maximum atomic E-state index is 13.2. The first-order valence-corrected chi connectivity index (χ1v) is 9.86. The number of nitrogens with one attached hydrogen (secondary N) is 1. The van der Waals surface area contributed by atoms with Crippen LogP contribution in [0.15, 0.2) is 29.6 Å². The van der Waals surface area contributed by atoms with Crippen molar-refractivity contribution >= 4 is 28.2 Å². The van der Waals surface area contributed by atoms with E-state index < -0.39 is 5.97 Å². The van der Waals surface area contributed by atoms with Crippen molar-refractivity contribution in [2.24, 2.45) is 0 Å². The summed E-state index contributed by atoms with van der Waals surface area (Å²) in [5, 5.41) is 13.8. The van der Waals surface area contributed by atoms with E-state index in [1.54, 1.807) is 24.4 Å². The summed E-state index contributed by atoms with van der Waals surface area (Å²) in [6.45, 7) is 2.18. The van der Waals surface area contributed by atoms with Crippen molar-refractivity contribution in [3.63, 3.8) is 0 Å². The second kappa shape index (κ2) is 8.95. The lowest BCUT2D eigenvalue weighted by Crippen LogP contribution is -2.35. The minimum absolute atomic E-state index is 0.0876. The molecule has 1 aliphatic carbocycles. The number of carbonyl (C=O) groups is 2. The molecule has 0 unspecified atom stereocenters. The Balaban J connectivity index is 1.83. The van der Waals surface area contributed by atoms with Crippen LogP contribution in [-0.4, -0.2) is 42.5 Å². The highest BCUT2D eigenvalue weighted by molar-refractivity contribution is 7.15. The lowest BCUT2D eigenvalue weighted by molar-refractivity contribution is -0.117. The van der Waals surface area contributed by atoms with Crippen molar-refractivity contribution < 1.29 is 18.7 Å². The minimum Gasteiger partial charge on any atom is -0.462 e. The predicted molar refractivity (Wildman–Crippen MR) is 105 cm³/mol. The quantitative estimate of drug-likeness (QED) is 0.539. The Bertz CT molecular complexity index is 900. The summed E-state index contributed by atoms with van der Waals surface area (Å²) >= 11 is 1.21. The summed E-state index contributed by atoms with van der Waals surface area (Å²) in [4.78, 5) is 26.8. The molecule has 0 radical (unpaired) electrons. The predicted octanol–water partition coefficient (Wildman–Crippen LogP) is 3.66. The van der Waals surface area contributed by atoms with Crippen molar-refractivity contribution in [3.8, 4) is 17.2 Å². The Labute approximate surface area is 166 Å². The third kappa shape index (κ3) is 4.74. The molecule has 1 amide bonds. The Morgan fingerprint density at radius 1 is 1.36 bits per heavy atom. The fourth-order valence-corrected chi connectivity index (χ4v) is 3.87. The highest BCUT2D eigenvalue weighted by atomic mass is 32.1. The molecule has 1 fully saturated rings. The summed E-state index contributed by atoms with van der Waals surface area (Å²) in [6.07, 6.45) is 1.97. The topological polar surface area (TPSA) is 82.4 Å². The molecule has 3 rings (SSSR count). The molecule has 6 nitrogen and oxygen atoms in total. The number of anilines is 1. The van der Waals surface area contributed by atoms with Crippen LogP contribution in [0.25, 0.3) is 11.1 Å². The third-order valence-electron chi connectivity index (χ3n) is 4.36. The number of amides is 1. The molecular formula is C20H20FN3O3S. The number of halogens is 1. The fraction of sp³-hybridized carbons (Fsp3) is 0.350. The first-order valence-electron chi connectivity index (χ1n) is 8.98. The second-order valence-corrected chi connectivity index (χ2v) is 7.30. The molecule has 0 atom stereocenters. The van der Waals surface area contributed by atoms with Crippen molar-refractivity contribution in [2.75, 3.05) is 25.0 Å². The van der Waals surface area contributed by atoms with Crippen LogP contribution in [0.4, 0.5) is 9.39 Å². The summed E-state index contributed by atoms with van der Waals surface area (Å²) in [6, 6.07) is 8.13. The van der Waals surface area contributed by atoms with Gasteiger partial charge in [-0.1, -0.05) is 12.1 Å². The van der Waals surface area contributed by atoms with Crippen LogP contribution in [0.5, 0.6) is 0 Å². The van der Waals surface area contributed by atoms with E-state index >= 15 is 0 Å². The highest BCUT2D eigenvalue weighted by Crippen LogP contribution is 2.36. The summed E-state index contributed by atoms with van der Waals surface area (Å²) in [7, 11) is 0. The molecule has 1 aromatic carbocycles. The molecule has 1 aromatic heterocycles. The number of hydrogen-bond donors (Lipinski definition) is 1. The Hall–Kier alpha value is -2.76. The van der Waals surface area contributed by atoms with Gasteiger partial charge >= 0.3 is 5.97 Å². The number of carbonyl (C=O) groups excluding carboxylic acids is 2. The van der Waals surface area contributed by atoms with Crippen LogP contribution in [0.3, 0.4) is 0 Å². The summed E-state index contributed by atoms with van der Waals surface area (Å²) in [5.74, 6) is -1.21. The number of hydrogen-bond acceptors (Lipinski definition) is 6. The zero-order chi connectivity index (χ0) is 20.1. The van der Waals surface area contributed by atoms with Gasteiger partial charge in [-0.05, 0) is 37.5 Å². The SMILES string of the molecule is CCOC(=O)c1c(-c2ccc(F)cc2)csc1NC(=O)CN(CC#N)C1CC1. The Kier molecular flexibility index (Phi) is 6.39. The van der Waals surface area contributed by atoms with Crippen molar-refractivity contribution in [3.05, 3.63) is 41.0 Å². The number of ether oxygens (including phenoxy) is 1. The van der Waals surface area contributed by atoms with Gasteiger partial charge in [0.1, 0.15) is 16.4 Å². The molecule has 1 saturated carbocycles. The minimum atomic E-state index is -0.547. The highest BCUT2D eigenvalue weighted by Gasteiger charge is 2.30. The van der Waals surface area contributed by atoms with E-state index in [2.05, 4.69) is 11.4 Å². The maximum Gasteiger partial charge on any atom is 0.341 e. The molecule has 1 N–H and O–H groups in total. The molecule has 28 heavy (non-hydrogen) atoms. The Morgan fingerprint density at radius 2 is 2.07 bits per heavy atom. The van der Waals surface area contributed by atoms with Gasteiger partial charge in [-0.2, -0.15) is 5.26 Å². The molecule has 8 heteroatoms. The third-order valence-corrected chi connectivity index (χ3v) is 5.26. The van der Waals surface area contributed by atoms with Crippen LogP contribution in [0.1, 0.15) is 30.1 Å². The largest absolute Gasteiger partial charge is 0.462 e. The lowest BCUT2D eigenvalue weighted by atomic mass is 10.0. The molecule has 2 aromatic rings. The van der Waals surface area contributed by atoms with Crippen molar-refractivity contribution in [2.45, 2.75) is 25.8 Å². The van der Waals surface area contributed by atoms with Gasteiger partial charge in [-0.15, -0.1) is 11.3 Å². The van der Waals surface area contributed by atoms with E-state index in [1.807, 2.05) is 4.90 Å². The average molecular weight is 401 g/mol. The van der Waals surface area contributed by atoms with Gasteiger partial charge in [0.25, 0.3) is 0 Å². The molecular weight excluding hydrogens is 381 g/mol. The second-order valence-electron chi connectivity index (χ2n) is 6.42. The van der Waals surface area contributed by atoms with Gasteiger partial charge in [-0.25, -0.2) is 9.18 Å². The van der Waals surface area contributed by atoms with E-state index in [0.29, 0.717) is 16.1 Å². The molecule has 0 bridgehead atoms. The van der Waals surface area contributed by atoms with Gasteiger partial charge in [0.2, 0.25) is 5.91 Å². The first-order chi connectivity index (χ1) is 13.5. The zero-order valence-corrected chi connectivity index (χ0v) is 16.2. The van der Waals surface area contributed by atoms with Crippen molar-refractivity contribution in [1.29, 1.82) is 5.26 Å². The summed E-state index contributed by atoms with van der Waals surface area (Å²) < 4.78 is 18.4. The molecule has 1 aliphatic rings. The standard InChI is InChI=1S/C20H20FN3O3S/c1-2-27-20(26)18-16(13-3-5-14(21)6-4-13)12-28-19(18)23-17(25)11-24(10-9-22)15-7-8-15/h3-6,12,15H,2,7-8,10-11H2,1H3,(H,23,25). The van der Waals surface area contributed by atoms with Gasteiger partial charge in [0.05, 0.1) is 25.8 Å². The van der Waals surface area contributed by atoms with Gasteiger partial charge in [-0.3, -0.25) is 9.69 Å². The number of nitrogens with zero attached hydrogens (tertiary/aromatic N) is 2. The van der Waals surface area contributed by atoms with E-state index in [0.717, 1.165) is 12.8 Å². The van der Waals surface area contributed by atoms with E-state index in [9.17, 15) is 14.0 Å². The number of nitriles is 1. The van der Waals surface area contributed by atoms with Gasteiger partial charge < -0.3 is 10.1 Å². The monoisotopic (exact) mass is 401 g/mol. The maximum absolute atomic E-state index is 13.2. The normalized spacial score (nSPS) is 13.2. The van der Waals surface area contributed by atoms with Crippen LogP contribution < -0.4 is 5.32 Å². The number of esters is 1. The number of thiophene rings is 1. The van der Waals surface area contributed by atoms with Crippen molar-refractivity contribution in [1.82, 2.24) is 4.90 Å². The Morgan fingerprint density at radius 3 is 2.68 bits per heavy atom. The van der Waals surface area contributed by atoms with E-state index in [4.69, 9.17) is 10.00 Å². The van der Waals surface area contributed by atoms with Gasteiger partial charge in [0, 0.05) is 17.0 Å². The van der Waals surface area contributed by atoms with Gasteiger partial charge in [0.15, 0.2) is 0 Å². The average Bonchev–Trinajstić information content (AvgIpc) is 3.43. The zero-order valence-electron chi connectivity index (χ0n) is 15.4. The molecule has 1 heterocycles. The van der Waals surface area contributed by atoms with Crippen LogP contribution in [0.2, 0.25) is 0 Å². The molecule has 146 valence electrons. The van der Waals surface area contributed by atoms with Crippen LogP contribution in [0, 0.1) is 17.1 Å². The molecule has 0 aliphatic heterocycles. The first kappa shape index (κ1) is 20.0. The van der Waals surface area contributed by atoms with Crippen LogP contribution >= 0.6 is 11.3 Å². The number of rotatable bonds is 8. The smallest absolute Gasteiger partial charge is 0.341 e. The summed E-state index contributed by atoms with van der Waals surface area (Å²) in [5.41, 5.74) is 1.49. The number of benzene rings is 1.